The molecule has 0 aromatic rings. The Morgan fingerprint density at radius 1 is 1.35 bits per heavy atom. The number of amides is 1. The zero-order valence-corrected chi connectivity index (χ0v) is 12.3. The number of carbonyl (C=O) groups is 1. The Hall–Kier alpha value is -0.870. The van der Waals surface area contributed by atoms with E-state index in [1.165, 1.54) is 6.42 Å². The van der Waals surface area contributed by atoms with Gasteiger partial charge < -0.3 is 14.4 Å². The van der Waals surface area contributed by atoms with Crippen LogP contribution in [0.25, 0.3) is 0 Å². The monoisotopic (exact) mass is 279 g/mol. The van der Waals surface area contributed by atoms with E-state index in [1.807, 2.05) is 0 Å². The second-order valence-corrected chi connectivity index (χ2v) is 6.18. The van der Waals surface area contributed by atoms with Crippen molar-refractivity contribution < 1.29 is 14.3 Å². The molecule has 0 radical (unpaired) electrons. The largest absolute Gasteiger partial charge is 0.350 e. The van der Waals surface area contributed by atoms with Crippen LogP contribution in [0.4, 0.5) is 0 Å². The van der Waals surface area contributed by atoms with Gasteiger partial charge in [-0.2, -0.15) is 0 Å². The maximum atomic E-state index is 12.1. The fraction of sp³-hybridized carbons (Fsp3) is 0.812. The molecule has 3 fully saturated rings. The molecular formula is C16H25NO3. The van der Waals surface area contributed by atoms with Crippen LogP contribution in [-0.4, -0.2) is 42.9 Å². The Morgan fingerprint density at radius 3 is 2.90 bits per heavy atom. The molecule has 3 rings (SSSR count). The number of piperidine rings is 2. The summed E-state index contributed by atoms with van der Waals surface area (Å²) >= 11 is 0. The van der Waals surface area contributed by atoms with E-state index < -0.39 is 0 Å². The molecule has 0 aliphatic carbocycles. The second-order valence-electron chi connectivity index (χ2n) is 6.18. The molecule has 3 atom stereocenters. The number of hydrogen-bond acceptors (Lipinski definition) is 3. The lowest BCUT2D eigenvalue weighted by atomic mass is 9.77. The maximum Gasteiger partial charge on any atom is 0.222 e. The van der Waals surface area contributed by atoms with E-state index in [1.54, 1.807) is 0 Å². The van der Waals surface area contributed by atoms with Gasteiger partial charge in [0, 0.05) is 25.4 Å². The molecule has 1 amide bonds. The highest BCUT2D eigenvalue weighted by Crippen LogP contribution is 2.37. The SMILES string of the molecule is C/C=C\[C@@H]1C[C@H]2CCCC(=O)N2C[C@H]1CC1OCCO1. The van der Waals surface area contributed by atoms with Crippen molar-refractivity contribution in [1.82, 2.24) is 4.90 Å². The van der Waals surface area contributed by atoms with Crippen molar-refractivity contribution >= 4 is 5.91 Å². The minimum atomic E-state index is -0.0656. The highest BCUT2D eigenvalue weighted by atomic mass is 16.7. The van der Waals surface area contributed by atoms with Crippen molar-refractivity contribution in [3.63, 3.8) is 0 Å². The fourth-order valence-electron chi connectivity index (χ4n) is 3.91. The molecule has 3 aliphatic rings. The second kappa shape index (κ2) is 6.27. The predicted octanol–water partition coefficient (Wildman–Crippen LogP) is 2.34. The van der Waals surface area contributed by atoms with Gasteiger partial charge in [0.2, 0.25) is 5.91 Å². The topological polar surface area (TPSA) is 38.8 Å². The van der Waals surface area contributed by atoms with Crippen LogP contribution in [0.1, 0.15) is 39.0 Å². The Bertz CT molecular complexity index is 376. The summed E-state index contributed by atoms with van der Waals surface area (Å²) in [5.41, 5.74) is 0. The van der Waals surface area contributed by atoms with Crippen molar-refractivity contribution in [1.29, 1.82) is 0 Å². The Balaban J connectivity index is 1.69. The van der Waals surface area contributed by atoms with Gasteiger partial charge in [-0.3, -0.25) is 4.79 Å². The quantitative estimate of drug-likeness (QED) is 0.744. The first-order valence-electron chi connectivity index (χ1n) is 7.93. The molecule has 0 aromatic carbocycles. The number of fused-ring (bicyclic) bond motifs is 1. The molecule has 0 saturated carbocycles. The third-order valence-corrected chi connectivity index (χ3v) is 4.90. The zero-order valence-electron chi connectivity index (χ0n) is 12.3. The first-order chi connectivity index (χ1) is 9.78. The van der Waals surface area contributed by atoms with Gasteiger partial charge in [0.1, 0.15) is 0 Å². The standard InChI is InChI=1S/C16H25NO3/c1-2-4-12-9-14-5-3-6-15(18)17(14)11-13(12)10-16-19-7-8-20-16/h2,4,12-14,16H,3,5-11H2,1H3/b4-2-/t12-,13-,14-/m1/s1. The molecule has 3 heterocycles. The molecule has 112 valence electrons. The predicted molar refractivity (Wildman–Crippen MR) is 76.1 cm³/mol. The summed E-state index contributed by atoms with van der Waals surface area (Å²) in [6, 6.07) is 0.458. The van der Waals surface area contributed by atoms with E-state index in [0.29, 0.717) is 37.0 Å². The Morgan fingerprint density at radius 2 is 2.15 bits per heavy atom. The van der Waals surface area contributed by atoms with Gasteiger partial charge in [-0.15, -0.1) is 0 Å². The molecule has 3 aliphatic heterocycles. The molecule has 0 N–H and O–H groups in total. The van der Waals surface area contributed by atoms with Crippen molar-refractivity contribution in [2.45, 2.75) is 51.4 Å². The minimum Gasteiger partial charge on any atom is -0.350 e. The first kappa shape index (κ1) is 14.1. The van der Waals surface area contributed by atoms with E-state index in [-0.39, 0.29) is 6.29 Å². The number of hydrogen-bond donors (Lipinski definition) is 0. The van der Waals surface area contributed by atoms with E-state index in [4.69, 9.17) is 9.47 Å². The third-order valence-electron chi connectivity index (χ3n) is 4.90. The van der Waals surface area contributed by atoms with Crippen LogP contribution in [0.2, 0.25) is 0 Å². The number of nitrogens with zero attached hydrogens (tertiary/aromatic N) is 1. The van der Waals surface area contributed by atoms with Crippen LogP contribution in [0.5, 0.6) is 0 Å². The van der Waals surface area contributed by atoms with Gasteiger partial charge in [-0.1, -0.05) is 12.2 Å². The Labute approximate surface area is 121 Å². The van der Waals surface area contributed by atoms with E-state index in [9.17, 15) is 4.79 Å². The lowest BCUT2D eigenvalue weighted by Crippen LogP contribution is -2.52. The van der Waals surface area contributed by atoms with Gasteiger partial charge in [0.25, 0.3) is 0 Å². The highest BCUT2D eigenvalue weighted by Gasteiger charge is 2.39. The lowest BCUT2D eigenvalue weighted by molar-refractivity contribution is -0.142. The van der Waals surface area contributed by atoms with Gasteiger partial charge in [-0.25, -0.2) is 0 Å². The summed E-state index contributed by atoms with van der Waals surface area (Å²) in [5.74, 6) is 1.37. The lowest BCUT2D eigenvalue weighted by Gasteiger charge is -2.46. The molecule has 4 nitrogen and oxygen atoms in total. The average molecular weight is 279 g/mol. The number of rotatable bonds is 3. The van der Waals surface area contributed by atoms with E-state index in [0.717, 1.165) is 32.2 Å². The average Bonchev–Trinajstić information content (AvgIpc) is 2.94. The highest BCUT2D eigenvalue weighted by molar-refractivity contribution is 5.77. The van der Waals surface area contributed by atoms with E-state index in [2.05, 4.69) is 24.0 Å². The van der Waals surface area contributed by atoms with Crippen LogP contribution in [-0.2, 0) is 14.3 Å². The van der Waals surface area contributed by atoms with Gasteiger partial charge in [0.05, 0.1) is 13.2 Å². The van der Waals surface area contributed by atoms with Crippen LogP contribution < -0.4 is 0 Å². The first-order valence-corrected chi connectivity index (χ1v) is 7.93. The summed E-state index contributed by atoms with van der Waals surface area (Å²) in [7, 11) is 0. The summed E-state index contributed by atoms with van der Waals surface area (Å²) in [6.45, 7) is 4.37. The smallest absolute Gasteiger partial charge is 0.222 e. The zero-order chi connectivity index (χ0) is 13.9. The van der Waals surface area contributed by atoms with Crippen molar-refractivity contribution in [3.05, 3.63) is 12.2 Å². The molecule has 0 unspecified atom stereocenters. The van der Waals surface area contributed by atoms with E-state index >= 15 is 0 Å². The maximum absolute atomic E-state index is 12.1. The minimum absolute atomic E-state index is 0.0656. The van der Waals surface area contributed by atoms with Crippen molar-refractivity contribution in [2.75, 3.05) is 19.8 Å². The molecular weight excluding hydrogens is 254 g/mol. The van der Waals surface area contributed by atoms with Gasteiger partial charge in [-0.05, 0) is 38.0 Å². The normalized spacial score (nSPS) is 35.8. The summed E-state index contributed by atoms with van der Waals surface area (Å²) < 4.78 is 11.2. The molecule has 0 spiro atoms. The van der Waals surface area contributed by atoms with Crippen LogP contribution >= 0.6 is 0 Å². The molecule has 0 aromatic heterocycles. The van der Waals surface area contributed by atoms with Crippen molar-refractivity contribution in [2.24, 2.45) is 11.8 Å². The molecule has 0 bridgehead atoms. The van der Waals surface area contributed by atoms with Gasteiger partial charge >= 0.3 is 0 Å². The Kier molecular flexibility index (Phi) is 4.41. The summed E-state index contributed by atoms with van der Waals surface area (Å²) in [6.07, 6.45) is 9.37. The summed E-state index contributed by atoms with van der Waals surface area (Å²) in [4.78, 5) is 14.2. The van der Waals surface area contributed by atoms with Crippen LogP contribution in [0.3, 0.4) is 0 Å². The fourth-order valence-corrected chi connectivity index (χ4v) is 3.91. The number of ether oxygens (including phenoxy) is 2. The van der Waals surface area contributed by atoms with Crippen LogP contribution in [0, 0.1) is 11.8 Å². The summed E-state index contributed by atoms with van der Waals surface area (Å²) in [5, 5.41) is 0. The molecule has 3 saturated heterocycles. The van der Waals surface area contributed by atoms with Gasteiger partial charge in [0.15, 0.2) is 6.29 Å². The van der Waals surface area contributed by atoms with Crippen LogP contribution in [0.15, 0.2) is 12.2 Å². The number of allylic oxidation sites excluding steroid dienone is 2. The van der Waals surface area contributed by atoms with Crippen molar-refractivity contribution in [3.8, 4) is 0 Å². The third kappa shape index (κ3) is 2.91. The number of carbonyl (C=O) groups excluding carboxylic acids is 1. The molecule has 20 heavy (non-hydrogen) atoms. The molecule has 4 heteroatoms.